The van der Waals surface area contributed by atoms with Crippen LogP contribution in [0, 0.1) is 11.6 Å². The van der Waals surface area contributed by atoms with Gasteiger partial charge in [0.1, 0.15) is 11.6 Å². The van der Waals surface area contributed by atoms with Crippen LogP contribution in [-0.2, 0) is 0 Å². The summed E-state index contributed by atoms with van der Waals surface area (Å²) in [5.41, 5.74) is 2.34. The van der Waals surface area contributed by atoms with Gasteiger partial charge in [-0.2, -0.15) is 0 Å². The molecule has 0 spiro atoms. The second-order valence-electron chi connectivity index (χ2n) is 10.8. The first kappa shape index (κ1) is 27.1. The Morgan fingerprint density at radius 3 is 1.45 bits per heavy atom. The van der Waals surface area contributed by atoms with E-state index in [0.29, 0.717) is 51.5 Å². The number of hydrogen-bond acceptors (Lipinski definition) is 7. The molecule has 9 heteroatoms. The molecule has 0 unspecified atom stereocenters. The lowest BCUT2D eigenvalue weighted by Crippen LogP contribution is -1.99. The molecule has 0 aliphatic heterocycles. The smallest absolute Gasteiger partial charge is 0.197 e. The van der Waals surface area contributed by atoms with Crippen molar-refractivity contribution in [2.24, 2.45) is 0 Å². The third-order valence-electron chi connectivity index (χ3n) is 8.00. The maximum Gasteiger partial charge on any atom is 0.197 e. The molecule has 0 N–H and O–H groups in total. The molecule has 44 heavy (non-hydrogen) atoms. The Hall–Kier alpha value is -4.44. The van der Waals surface area contributed by atoms with Crippen LogP contribution >= 0.6 is 34.0 Å². The zero-order valence-electron chi connectivity index (χ0n) is 22.6. The van der Waals surface area contributed by atoms with E-state index in [1.807, 2.05) is 6.07 Å². The number of halogens is 2. The average Bonchev–Trinajstić information content (AvgIpc) is 3.27. The van der Waals surface area contributed by atoms with Crippen LogP contribution < -0.4 is 0 Å². The Morgan fingerprint density at radius 2 is 1.00 bits per heavy atom. The molecule has 0 atom stereocenters. The van der Waals surface area contributed by atoms with Crippen molar-refractivity contribution < 1.29 is 28.0 Å². The molecule has 0 bridgehead atoms. The first-order chi connectivity index (χ1) is 21.3. The molecule has 1 fully saturated rings. The SMILES string of the molecule is O=C1C(=Cc2cc(F)c(-c3cc(C4CC4)c(-c4sc(C=C5C(=O)c6ccccc6C5=O)cc4F)s3)s2)C(=O)c2ccccc21. The number of carbonyl (C=O) groups excluding carboxylic acids is 4. The number of rotatable bonds is 5. The summed E-state index contributed by atoms with van der Waals surface area (Å²) in [6.07, 6.45) is 4.80. The van der Waals surface area contributed by atoms with E-state index in [0.717, 1.165) is 41.1 Å². The Bertz CT molecular complexity index is 2110. The van der Waals surface area contributed by atoms with Gasteiger partial charge in [-0.25, -0.2) is 8.78 Å². The third-order valence-corrected chi connectivity index (χ3v) is 11.6. The highest BCUT2D eigenvalue weighted by atomic mass is 32.1. The van der Waals surface area contributed by atoms with Crippen LogP contribution in [0.3, 0.4) is 0 Å². The number of allylic oxidation sites excluding steroid dienone is 2. The van der Waals surface area contributed by atoms with Gasteiger partial charge in [0.25, 0.3) is 0 Å². The number of hydrogen-bond donors (Lipinski definition) is 0. The Labute approximate surface area is 261 Å². The second-order valence-corrected chi connectivity index (χ2v) is 14.1. The minimum Gasteiger partial charge on any atom is -0.288 e. The van der Waals surface area contributed by atoms with Crippen LogP contribution in [0.5, 0.6) is 0 Å². The van der Waals surface area contributed by atoms with Crippen molar-refractivity contribution in [1.29, 1.82) is 0 Å². The summed E-state index contributed by atoms with van der Waals surface area (Å²) in [7, 11) is 0. The summed E-state index contributed by atoms with van der Waals surface area (Å²) in [6.45, 7) is 0. The molecule has 8 rings (SSSR count). The highest BCUT2D eigenvalue weighted by Crippen LogP contribution is 2.53. The minimum absolute atomic E-state index is 0.00849. The molecule has 0 radical (unpaired) electrons. The Kier molecular flexibility index (Phi) is 6.20. The third kappa shape index (κ3) is 4.26. The quantitative estimate of drug-likeness (QED) is 0.142. The van der Waals surface area contributed by atoms with Crippen LogP contribution in [-0.4, -0.2) is 23.1 Å². The molecule has 3 aromatic heterocycles. The van der Waals surface area contributed by atoms with Gasteiger partial charge in [-0.15, -0.1) is 34.0 Å². The van der Waals surface area contributed by atoms with Crippen LogP contribution in [0.15, 0.2) is 77.9 Å². The van der Waals surface area contributed by atoms with Crippen molar-refractivity contribution in [2.75, 3.05) is 0 Å². The highest BCUT2D eigenvalue weighted by molar-refractivity contribution is 7.27. The van der Waals surface area contributed by atoms with Gasteiger partial charge < -0.3 is 0 Å². The topological polar surface area (TPSA) is 68.3 Å². The van der Waals surface area contributed by atoms with Crippen molar-refractivity contribution in [1.82, 2.24) is 0 Å². The molecule has 2 aromatic carbocycles. The molecule has 4 nitrogen and oxygen atoms in total. The lowest BCUT2D eigenvalue weighted by molar-refractivity contribution is 0.0975. The summed E-state index contributed by atoms with van der Waals surface area (Å²) in [5.74, 6) is -2.21. The number of carbonyl (C=O) groups is 4. The Balaban J connectivity index is 1.14. The summed E-state index contributed by atoms with van der Waals surface area (Å²) >= 11 is 3.58. The molecule has 1 saturated carbocycles. The van der Waals surface area contributed by atoms with Gasteiger partial charge >= 0.3 is 0 Å². The van der Waals surface area contributed by atoms with Gasteiger partial charge in [0.15, 0.2) is 23.1 Å². The van der Waals surface area contributed by atoms with Crippen molar-refractivity contribution in [3.63, 3.8) is 0 Å². The fourth-order valence-electron chi connectivity index (χ4n) is 5.72. The van der Waals surface area contributed by atoms with Gasteiger partial charge in [0, 0.05) is 36.9 Å². The molecule has 0 amide bonds. The molecule has 3 aliphatic carbocycles. The van der Waals surface area contributed by atoms with Crippen LogP contribution in [0.25, 0.3) is 31.7 Å². The summed E-state index contributed by atoms with van der Waals surface area (Å²) in [4.78, 5) is 54.4. The number of ketones is 4. The van der Waals surface area contributed by atoms with Crippen molar-refractivity contribution in [2.45, 2.75) is 18.8 Å². The Morgan fingerprint density at radius 1 is 0.568 bits per heavy atom. The van der Waals surface area contributed by atoms with Crippen molar-refractivity contribution >= 4 is 69.3 Å². The lowest BCUT2D eigenvalue weighted by atomic mass is 10.1. The maximum atomic E-state index is 15.5. The average molecular weight is 637 g/mol. The van der Waals surface area contributed by atoms with Crippen molar-refractivity contribution in [3.05, 3.63) is 127 Å². The lowest BCUT2D eigenvalue weighted by Gasteiger charge is -1.99. The molecular weight excluding hydrogens is 619 g/mol. The standard InChI is InChI=1S/C35H18F2O4S3/c36-26-13-17(11-24-29(38)19-5-1-2-6-20(19)30(24)39)42-34(26)28-15-23(16-9-10-16)33(44-28)35-27(37)14-18(43-35)12-25-31(40)21-7-3-4-8-22(21)32(25)41/h1-8,11-16H,9-10H2. The van der Waals surface area contributed by atoms with Crippen molar-refractivity contribution in [3.8, 4) is 19.5 Å². The summed E-state index contributed by atoms with van der Waals surface area (Å²) in [6, 6.07) is 17.8. The van der Waals surface area contributed by atoms with Crippen LogP contribution in [0.1, 0.15) is 75.5 Å². The molecule has 214 valence electrons. The van der Waals surface area contributed by atoms with E-state index in [1.165, 1.54) is 35.6 Å². The van der Waals surface area contributed by atoms with E-state index >= 15 is 8.78 Å². The predicted molar refractivity (Wildman–Crippen MR) is 169 cm³/mol. The molecular formula is C35H18F2O4S3. The van der Waals surface area contributed by atoms with Gasteiger partial charge in [-0.05, 0) is 54.7 Å². The zero-order valence-corrected chi connectivity index (χ0v) is 25.1. The van der Waals surface area contributed by atoms with E-state index in [4.69, 9.17) is 0 Å². The maximum absolute atomic E-state index is 15.5. The monoisotopic (exact) mass is 636 g/mol. The molecule has 3 heterocycles. The first-order valence-electron chi connectivity index (χ1n) is 13.8. The van der Waals surface area contributed by atoms with E-state index in [2.05, 4.69) is 0 Å². The van der Waals surface area contributed by atoms with E-state index in [1.54, 1.807) is 48.5 Å². The fourth-order valence-corrected chi connectivity index (χ4v) is 9.18. The number of thiophene rings is 3. The van der Waals surface area contributed by atoms with Gasteiger partial charge in [-0.1, -0.05) is 48.5 Å². The fraction of sp³-hybridized carbons (Fsp3) is 0.0857. The molecule has 0 saturated heterocycles. The number of Topliss-reactive ketones (excluding diaryl/α,β-unsaturated/α-hetero) is 4. The molecule has 3 aliphatic rings. The first-order valence-corrected chi connectivity index (χ1v) is 16.3. The highest BCUT2D eigenvalue weighted by Gasteiger charge is 2.35. The zero-order chi connectivity index (χ0) is 30.3. The number of fused-ring (bicyclic) bond motifs is 2. The van der Waals surface area contributed by atoms with E-state index in [-0.39, 0.29) is 40.2 Å². The van der Waals surface area contributed by atoms with Gasteiger partial charge in [0.05, 0.1) is 25.8 Å². The predicted octanol–water partition coefficient (Wildman–Crippen LogP) is 9.29. The van der Waals surface area contributed by atoms with E-state index < -0.39 is 11.6 Å². The summed E-state index contributed by atoms with van der Waals surface area (Å²) in [5, 5.41) is 0. The minimum atomic E-state index is -0.484. The van der Waals surface area contributed by atoms with Crippen LogP contribution in [0.2, 0.25) is 0 Å². The summed E-state index contributed by atoms with van der Waals surface area (Å²) < 4.78 is 30.8. The second kappa shape index (κ2) is 10.1. The largest absolute Gasteiger partial charge is 0.288 e. The van der Waals surface area contributed by atoms with Gasteiger partial charge in [0.2, 0.25) is 0 Å². The normalized spacial score (nSPS) is 15.8. The van der Waals surface area contributed by atoms with Crippen LogP contribution in [0.4, 0.5) is 8.78 Å². The molecule has 5 aromatic rings. The van der Waals surface area contributed by atoms with Gasteiger partial charge in [-0.3, -0.25) is 19.2 Å². The van der Waals surface area contributed by atoms with E-state index in [9.17, 15) is 19.2 Å². The number of benzene rings is 2.